The van der Waals surface area contributed by atoms with E-state index in [1.165, 1.54) is 6.26 Å². The highest BCUT2D eigenvalue weighted by molar-refractivity contribution is 7.90. The van der Waals surface area contributed by atoms with Crippen molar-refractivity contribution in [2.75, 3.05) is 71.8 Å². The Hall–Kier alpha value is -3.81. The first-order valence-electron chi connectivity index (χ1n) is 21.3. The monoisotopic (exact) mass is 848 g/mol. The van der Waals surface area contributed by atoms with Crippen molar-refractivity contribution in [3.05, 3.63) is 57.3 Å². The van der Waals surface area contributed by atoms with Gasteiger partial charge in [0.15, 0.2) is 9.84 Å². The van der Waals surface area contributed by atoms with Gasteiger partial charge in [-0.1, -0.05) is 17.3 Å². The zero-order valence-electron chi connectivity index (χ0n) is 34.1. The molecule has 5 fully saturated rings. The van der Waals surface area contributed by atoms with Gasteiger partial charge in [0.1, 0.15) is 0 Å². The van der Waals surface area contributed by atoms with Crippen molar-refractivity contribution in [2.24, 2.45) is 0 Å². The Labute approximate surface area is 350 Å². The maximum absolute atomic E-state index is 14.6. The smallest absolute Gasteiger partial charge is 0.240 e. The number of sulfone groups is 1. The van der Waals surface area contributed by atoms with Crippen LogP contribution in [0.4, 0.5) is 0 Å². The fraction of sp³-hybridized carbons (Fsp3) is 0.659. The number of aryl methyl sites for hydroxylation is 1. The van der Waals surface area contributed by atoms with Crippen LogP contribution in [0, 0.1) is 6.92 Å². The van der Waals surface area contributed by atoms with Crippen molar-refractivity contribution < 1.29 is 27.5 Å². The topological polar surface area (TPSA) is 166 Å². The van der Waals surface area contributed by atoms with Crippen LogP contribution in [-0.2, 0) is 48.5 Å². The number of carbonyl (C=O) groups is 3. The third-order valence-corrected chi connectivity index (χ3v) is 15.8. The summed E-state index contributed by atoms with van der Waals surface area (Å²) in [5, 5.41) is 13.4. The van der Waals surface area contributed by atoms with E-state index >= 15 is 0 Å². The molecule has 5 saturated heterocycles. The van der Waals surface area contributed by atoms with Crippen molar-refractivity contribution in [1.29, 1.82) is 0 Å². The Morgan fingerprint density at radius 3 is 2.25 bits per heavy atom. The fourth-order valence-corrected chi connectivity index (χ4v) is 11.9. The number of carbonyl (C=O) groups excluding carboxylic acids is 3. The Kier molecular flexibility index (Phi) is 11.6. The van der Waals surface area contributed by atoms with Gasteiger partial charge in [-0.15, -0.1) is 16.4 Å². The van der Waals surface area contributed by atoms with Crippen LogP contribution < -0.4 is 5.32 Å². The maximum atomic E-state index is 14.6. The van der Waals surface area contributed by atoms with Crippen LogP contribution in [0.15, 0.2) is 35.4 Å². The molecule has 2 aromatic heterocycles. The van der Waals surface area contributed by atoms with Gasteiger partial charge in [0.2, 0.25) is 17.7 Å². The van der Waals surface area contributed by atoms with Crippen LogP contribution in [0.3, 0.4) is 0 Å². The number of nitrogens with zero attached hydrogens (tertiary/aromatic N) is 9. The molecule has 8 aliphatic heterocycles. The van der Waals surface area contributed by atoms with Crippen LogP contribution in [0.2, 0.25) is 0 Å². The summed E-state index contributed by atoms with van der Waals surface area (Å²) < 4.78 is 31.8. The quantitative estimate of drug-likeness (QED) is 0.382. The summed E-state index contributed by atoms with van der Waals surface area (Å²) in [6, 6.07) is 6.04. The number of fused-ring (bicyclic) bond motifs is 2. The predicted octanol–water partition coefficient (Wildman–Crippen LogP) is 1.61. The van der Waals surface area contributed by atoms with Crippen LogP contribution in [0.1, 0.15) is 77.3 Å². The van der Waals surface area contributed by atoms with E-state index in [9.17, 15) is 22.8 Å². The standard InChI is InChI=1S/C41H56N10O6S2/c1-27-35-21-38(52)42-30-19-36(49(24-30)22-28-3-5-34(6-4-28)59(2,55)56)40(53)48-13-9-32(10-14-48)50-26-33(51-25-31(44-45-51)23-46-15-17-57-18-16-46)20-37(50)41(54)47-11-7-29(8-12-47)39(43-35)58-27/h3-6,25,29-30,32-33,36-37H,7-24,26H2,1-2H3,(H,42,52)/t30-,33-,36-,37-/m0/s1. The van der Waals surface area contributed by atoms with E-state index in [2.05, 4.69) is 41.4 Å². The average molecular weight is 849 g/mol. The van der Waals surface area contributed by atoms with E-state index in [1.807, 2.05) is 16.5 Å². The first-order valence-corrected chi connectivity index (χ1v) is 24.0. The number of hydrogen-bond donors (Lipinski definition) is 1. The van der Waals surface area contributed by atoms with E-state index < -0.39 is 15.9 Å². The molecule has 0 radical (unpaired) electrons. The highest BCUT2D eigenvalue weighted by atomic mass is 32.2. The minimum atomic E-state index is -3.34. The molecular formula is C41H56N10O6S2. The summed E-state index contributed by atoms with van der Waals surface area (Å²) in [5.41, 5.74) is 2.62. The predicted molar refractivity (Wildman–Crippen MR) is 219 cm³/mol. The van der Waals surface area contributed by atoms with Gasteiger partial charge in [0.25, 0.3) is 0 Å². The van der Waals surface area contributed by atoms with Crippen molar-refractivity contribution in [1.82, 2.24) is 49.8 Å². The molecule has 0 aliphatic carbocycles. The molecule has 18 heteroatoms. The molecule has 3 aromatic rings. The molecule has 59 heavy (non-hydrogen) atoms. The Morgan fingerprint density at radius 1 is 0.847 bits per heavy atom. The minimum Gasteiger partial charge on any atom is -0.379 e. The zero-order valence-corrected chi connectivity index (χ0v) is 35.7. The molecular weight excluding hydrogens is 793 g/mol. The highest BCUT2D eigenvalue weighted by Gasteiger charge is 2.46. The largest absolute Gasteiger partial charge is 0.379 e. The number of rotatable bonds is 6. The van der Waals surface area contributed by atoms with Crippen molar-refractivity contribution in [3.8, 4) is 0 Å². The van der Waals surface area contributed by atoms with Gasteiger partial charge in [-0.2, -0.15) is 0 Å². The molecule has 8 aliphatic rings. The third kappa shape index (κ3) is 8.84. The fourth-order valence-electron chi connectivity index (χ4n) is 10.2. The van der Waals surface area contributed by atoms with Gasteiger partial charge in [-0.25, -0.2) is 18.1 Å². The molecule has 0 unspecified atom stereocenters. The first-order chi connectivity index (χ1) is 28.4. The Morgan fingerprint density at radius 2 is 1.54 bits per heavy atom. The Balaban J connectivity index is 0.966. The number of nitrogens with one attached hydrogen (secondary N) is 1. The lowest BCUT2D eigenvalue weighted by atomic mass is 9.96. The normalized spacial score (nSPS) is 29.2. The second-order valence-electron chi connectivity index (χ2n) is 17.4. The van der Waals surface area contributed by atoms with Gasteiger partial charge < -0.3 is 19.9 Å². The summed E-state index contributed by atoms with van der Waals surface area (Å²) in [5.74, 6) is 0.357. The number of ether oxygens (including phenoxy) is 1. The van der Waals surface area contributed by atoms with Crippen LogP contribution in [0.5, 0.6) is 0 Å². The van der Waals surface area contributed by atoms with Gasteiger partial charge in [-0.3, -0.25) is 29.1 Å². The molecule has 8 bridgehead atoms. The van der Waals surface area contributed by atoms with Gasteiger partial charge in [-0.05, 0) is 63.1 Å². The van der Waals surface area contributed by atoms with Gasteiger partial charge in [0, 0.05) is 94.6 Å². The first kappa shape index (κ1) is 40.6. The van der Waals surface area contributed by atoms with Gasteiger partial charge in [0.05, 0.1) is 65.2 Å². The summed E-state index contributed by atoms with van der Waals surface area (Å²) in [4.78, 5) is 59.8. The molecule has 0 saturated carbocycles. The average Bonchev–Trinajstić information content (AvgIpc) is 4.04. The summed E-state index contributed by atoms with van der Waals surface area (Å²) >= 11 is 1.66. The zero-order chi connectivity index (χ0) is 40.8. The van der Waals surface area contributed by atoms with Crippen molar-refractivity contribution in [3.63, 3.8) is 0 Å². The number of thiazole rings is 1. The number of amides is 3. The number of benzene rings is 1. The van der Waals surface area contributed by atoms with E-state index in [0.29, 0.717) is 58.7 Å². The van der Waals surface area contributed by atoms with Crippen LogP contribution >= 0.6 is 11.3 Å². The Bertz CT molecular complexity index is 2120. The molecule has 1 aromatic carbocycles. The molecule has 318 valence electrons. The minimum absolute atomic E-state index is 0.0139. The SMILES string of the molecule is Cc1sc2nc1CC(=O)N[C@H]1C[C@@H](C(=O)N3CCC(CC3)N3C[C@@H](n4cc(CN5CCOCC5)nn4)C[C@H]3C(=O)N3CCC2CC3)N(Cc2ccc(S(C)(=O)=O)cc2)C1. The summed E-state index contributed by atoms with van der Waals surface area (Å²) in [7, 11) is -3.34. The van der Waals surface area contributed by atoms with Crippen LogP contribution in [-0.4, -0.2) is 167 Å². The number of hydrogen-bond acceptors (Lipinski definition) is 13. The lowest BCUT2D eigenvalue weighted by molar-refractivity contribution is -0.141. The molecule has 4 atom stereocenters. The molecule has 10 heterocycles. The molecule has 11 rings (SSSR count). The number of morpholine rings is 1. The highest BCUT2D eigenvalue weighted by Crippen LogP contribution is 2.37. The number of likely N-dealkylation sites (tertiary alicyclic amines) is 1. The summed E-state index contributed by atoms with van der Waals surface area (Å²) in [6.45, 7) is 10.1. The third-order valence-electron chi connectivity index (χ3n) is 13.5. The van der Waals surface area contributed by atoms with Crippen molar-refractivity contribution in [2.45, 2.75) is 106 Å². The van der Waals surface area contributed by atoms with Crippen molar-refractivity contribution >= 4 is 38.9 Å². The van der Waals surface area contributed by atoms with E-state index in [-0.39, 0.29) is 59.1 Å². The molecule has 1 N–H and O–H groups in total. The lowest BCUT2D eigenvalue weighted by Crippen LogP contribution is -2.55. The van der Waals surface area contributed by atoms with E-state index in [0.717, 1.165) is 85.4 Å². The number of piperidine rings is 2. The van der Waals surface area contributed by atoms with Crippen LogP contribution in [0.25, 0.3) is 0 Å². The molecule has 16 nitrogen and oxygen atoms in total. The second kappa shape index (κ2) is 16.9. The molecule has 0 spiro atoms. The lowest BCUT2D eigenvalue weighted by Gasteiger charge is -2.41. The summed E-state index contributed by atoms with van der Waals surface area (Å²) in [6.07, 6.45) is 7.77. The maximum Gasteiger partial charge on any atom is 0.240 e. The number of aromatic nitrogens is 4. The van der Waals surface area contributed by atoms with Gasteiger partial charge >= 0.3 is 0 Å². The van der Waals surface area contributed by atoms with E-state index in [1.54, 1.807) is 35.6 Å². The molecule has 3 amide bonds. The van der Waals surface area contributed by atoms with E-state index in [4.69, 9.17) is 9.72 Å². The second-order valence-corrected chi connectivity index (χ2v) is 20.7.